The van der Waals surface area contributed by atoms with E-state index in [-0.39, 0.29) is 41.2 Å². The molecule has 4 aliphatic rings. The lowest BCUT2D eigenvalue weighted by Gasteiger charge is -2.60. The van der Waals surface area contributed by atoms with Crippen molar-refractivity contribution in [3.05, 3.63) is 65.2 Å². The van der Waals surface area contributed by atoms with E-state index in [4.69, 9.17) is 9.47 Å². The van der Waals surface area contributed by atoms with Crippen LogP contribution in [0.5, 0.6) is 17.2 Å². The van der Waals surface area contributed by atoms with Gasteiger partial charge in [-0.15, -0.1) is 6.58 Å². The third-order valence-corrected chi connectivity index (χ3v) is 9.26. The van der Waals surface area contributed by atoms with Gasteiger partial charge < -0.3 is 19.5 Å². The van der Waals surface area contributed by atoms with E-state index in [9.17, 15) is 14.7 Å². The highest BCUT2D eigenvalue weighted by Gasteiger charge is 2.67. The molecule has 0 radical (unpaired) electrons. The van der Waals surface area contributed by atoms with Crippen molar-refractivity contribution in [1.29, 1.82) is 0 Å². The summed E-state index contributed by atoms with van der Waals surface area (Å²) >= 11 is 0. The third kappa shape index (κ3) is 3.92. The fourth-order valence-corrected chi connectivity index (χ4v) is 7.77. The van der Waals surface area contributed by atoms with E-state index in [0.717, 1.165) is 54.6 Å². The van der Waals surface area contributed by atoms with Crippen LogP contribution in [0, 0.1) is 24.7 Å². The van der Waals surface area contributed by atoms with Gasteiger partial charge in [0.25, 0.3) is 5.91 Å². The highest BCUT2D eigenvalue weighted by Crippen LogP contribution is 2.65. The molecule has 1 saturated heterocycles. The Labute approximate surface area is 229 Å². The molecular weight excluding hydrogens is 492 g/mol. The molecule has 5 atom stereocenters. The Morgan fingerprint density at radius 2 is 2.15 bits per heavy atom. The number of aromatic hydroxyl groups is 1. The van der Waals surface area contributed by atoms with Gasteiger partial charge >= 0.3 is 5.97 Å². The van der Waals surface area contributed by atoms with E-state index in [1.54, 1.807) is 11.9 Å². The molecule has 1 saturated carbocycles. The Bertz CT molecular complexity index is 1440. The molecule has 1 spiro atoms. The summed E-state index contributed by atoms with van der Waals surface area (Å²) in [6.45, 7) is 8.99. The SMILES string of the molecule is C=CCN1CC[C@]23c4c5c(OC(C)=O)cc(O)c4O[C@H]2[C@@H](N(C)C(=O)C#Cc2cccc(C)c2)CC[C@H]3[C@H]1C5. The Hall–Kier alpha value is -3.76. The predicted octanol–water partition coefficient (Wildman–Crippen LogP) is 3.73. The average Bonchev–Trinajstić information content (AvgIpc) is 3.24. The number of ether oxygens (including phenoxy) is 2. The molecule has 2 aliphatic heterocycles. The molecule has 2 aromatic rings. The first-order valence-corrected chi connectivity index (χ1v) is 13.7. The molecule has 39 heavy (non-hydrogen) atoms. The van der Waals surface area contributed by atoms with Crippen LogP contribution in [-0.4, -0.2) is 65.1 Å². The topological polar surface area (TPSA) is 79.3 Å². The van der Waals surface area contributed by atoms with Gasteiger partial charge in [-0.2, -0.15) is 0 Å². The molecular formula is C32H34N2O5. The number of amides is 1. The van der Waals surface area contributed by atoms with Crippen molar-refractivity contribution in [2.75, 3.05) is 20.1 Å². The number of phenols is 1. The fourth-order valence-electron chi connectivity index (χ4n) is 7.77. The van der Waals surface area contributed by atoms with Gasteiger partial charge in [-0.05, 0) is 62.8 Å². The van der Waals surface area contributed by atoms with Crippen LogP contribution < -0.4 is 9.47 Å². The normalized spacial score (nSPS) is 27.9. The zero-order valence-electron chi connectivity index (χ0n) is 22.7. The van der Waals surface area contributed by atoms with Gasteiger partial charge in [0.05, 0.1) is 6.04 Å². The molecule has 7 heteroatoms. The third-order valence-electron chi connectivity index (χ3n) is 9.26. The second kappa shape index (κ2) is 9.46. The smallest absolute Gasteiger partial charge is 0.308 e. The second-order valence-electron chi connectivity index (χ2n) is 11.3. The first kappa shape index (κ1) is 25.5. The van der Waals surface area contributed by atoms with Gasteiger partial charge in [0.1, 0.15) is 11.9 Å². The Balaban J connectivity index is 1.41. The molecule has 7 nitrogen and oxygen atoms in total. The highest BCUT2D eigenvalue weighted by atomic mass is 16.5. The minimum atomic E-state index is -0.423. The van der Waals surface area contributed by atoms with Gasteiger partial charge in [0, 0.05) is 60.7 Å². The Morgan fingerprint density at radius 1 is 1.33 bits per heavy atom. The Kier molecular flexibility index (Phi) is 6.19. The first-order chi connectivity index (χ1) is 18.7. The summed E-state index contributed by atoms with van der Waals surface area (Å²) in [4.78, 5) is 29.5. The molecule has 1 amide bonds. The largest absolute Gasteiger partial charge is 0.504 e. The number of carbonyl (C=O) groups excluding carboxylic acids is 2. The monoisotopic (exact) mass is 526 g/mol. The first-order valence-electron chi connectivity index (χ1n) is 13.7. The van der Waals surface area contributed by atoms with Crippen molar-refractivity contribution in [3.63, 3.8) is 0 Å². The molecule has 6 rings (SSSR count). The van der Waals surface area contributed by atoms with Crippen molar-refractivity contribution in [2.24, 2.45) is 5.92 Å². The van der Waals surface area contributed by atoms with Crippen LogP contribution >= 0.6 is 0 Å². The van der Waals surface area contributed by atoms with Gasteiger partial charge in [-0.25, -0.2) is 0 Å². The highest BCUT2D eigenvalue weighted by molar-refractivity contribution is 5.94. The number of likely N-dealkylation sites (tertiary alicyclic amines) is 1. The standard InChI is InChI=1S/C32H34N2O5/c1-5-14-34-15-13-32-23-10-11-24(33(4)28(37)12-9-21-8-6-7-19(2)16-21)31(32)39-30-26(36)18-27(38-20(3)35)22(29(30)32)17-25(23)34/h5-8,16,18,23-25,31,36H,1,10-11,13-15,17H2,2-4H3/t23-,24-,25+,31-,32-/m0/s1. The van der Waals surface area contributed by atoms with Crippen molar-refractivity contribution in [1.82, 2.24) is 9.80 Å². The van der Waals surface area contributed by atoms with Crippen molar-refractivity contribution in [2.45, 2.75) is 63.1 Å². The van der Waals surface area contributed by atoms with E-state index in [2.05, 4.69) is 23.3 Å². The minimum absolute atomic E-state index is 0.0218. The van der Waals surface area contributed by atoms with Crippen LogP contribution in [-0.2, 0) is 21.4 Å². The molecule has 1 N–H and O–H groups in total. The van der Waals surface area contributed by atoms with Crippen molar-refractivity contribution < 1.29 is 24.2 Å². The lowest BCUT2D eigenvalue weighted by molar-refractivity contribution is -0.134. The molecule has 2 fully saturated rings. The van der Waals surface area contributed by atoms with Crippen LogP contribution in [0.15, 0.2) is 43.0 Å². The lowest BCUT2D eigenvalue weighted by Crippen LogP contribution is -2.68. The minimum Gasteiger partial charge on any atom is -0.504 e. The van der Waals surface area contributed by atoms with Crippen molar-refractivity contribution >= 4 is 11.9 Å². The number of aryl methyl sites for hydroxylation is 1. The summed E-state index contributed by atoms with van der Waals surface area (Å²) in [7, 11) is 1.81. The number of hydrogen-bond acceptors (Lipinski definition) is 6. The van der Waals surface area contributed by atoms with Crippen LogP contribution in [0.25, 0.3) is 0 Å². The zero-order chi connectivity index (χ0) is 27.5. The van der Waals surface area contributed by atoms with E-state index in [0.29, 0.717) is 17.9 Å². The van der Waals surface area contributed by atoms with Gasteiger partial charge in [-0.3, -0.25) is 14.5 Å². The molecule has 2 aliphatic carbocycles. The maximum atomic E-state index is 13.3. The van der Waals surface area contributed by atoms with E-state index < -0.39 is 5.97 Å². The summed E-state index contributed by atoms with van der Waals surface area (Å²) in [5.41, 5.74) is 3.42. The number of piperidine rings is 1. The van der Waals surface area contributed by atoms with E-state index >= 15 is 0 Å². The van der Waals surface area contributed by atoms with Crippen LogP contribution in [0.2, 0.25) is 0 Å². The number of benzene rings is 2. The maximum Gasteiger partial charge on any atom is 0.308 e. The number of esters is 1. The summed E-state index contributed by atoms with van der Waals surface area (Å²) in [6, 6.07) is 9.33. The fraction of sp³-hybridized carbons (Fsp3) is 0.438. The Morgan fingerprint density at radius 3 is 2.90 bits per heavy atom. The van der Waals surface area contributed by atoms with Crippen LogP contribution in [0.4, 0.5) is 0 Å². The summed E-state index contributed by atoms with van der Waals surface area (Å²) < 4.78 is 12.3. The van der Waals surface area contributed by atoms with Crippen LogP contribution in [0.1, 0.15) is 48.4 Å². The zero-order valence-corrected chi connectivity index (χ0v) is 22.7. The summed E-state index contributed by atoms with van der Waals surface area (Å²) in [6.07, 6.45) is 4.85. The van der Waals surface area contributed by atoms with Crippen molar-refractivity contribution in [3.8, 4) is 29.1 Å². The van der Waals surface area contributed by atoms with Gasteiger partial charge in [0.15, 0.2) is 11.5 Å². The molecule has 2 bridgehead atoms. The number of phenolic OH excluding ortho intramolecular Hbond substituents is 1. The van der Waals surface area contributed by atoms with Gasteiger partial charge in [0.2, 0.25) is 0 Å². The summed E-state index contributed by atoms with van der Waals surface area (Å²) in [5.74, 6) is 6.33. The number of carbonyl (C=O) groups is 2. The molecule has 0 aromatic heterocycles. The molecule has 2 aromatic carbocycles. The number of likely N-dealkylation sites (N-methyl/N-ethyl adjacent to an activating group) is 1. The molecule has 202 valence electrons. The average molecular weight is 527 g/mol. The number of rotatable bonds is 4. The molecule has 2 heterocycles. The molecule has 0 unspecified atom stereocenters. The number of hydrogen-bond donors (Lipinski definition) is 1. The second-order valence-corrected chi connectivity index (χ2v) is 11.3. The van der Waals surface area contributed by atoms with Gasteiger partial charge in [-0.1, -0.05) is 24.1 Å². The lowest BCUT2D eigenvalue weighted by atomic mass is 9.51. The number of nitrogens with zero attached hydrogens (tertiary/aromatic N) is 2. The maximum absolute atomic E-state index is 13.3. The summed E-state index contributed by atoms with van der Waals surface area (Å²) in [5, 5.41) is 11.1. The van der Waals surface area contributed by atoms with E-state index in [1.165, 1.54) is 13.0 Å². The van der Waals surface area contributed by atoms with E-state index in [1.807, 2.05) is 37.3 Å². The van der Waals surface area contributed by atoms with Crippen LogP contribution in [0.3, 0.4) is 0 Å². The predicted molar refractivity (Wildman–Crippen MR) is 147 cm³/mol. The quantitative estimate of drug-likeness (QED) is 0.283.